The molecule has 0 fully saturated rings. The largest absolute Gasteiger partial charge is 0.390 e. The van der Waals surface area contributed by atoms with Gasteiger partial charge < -0.3 is 9.84 Å². The quantitative estimate of drug-likeness (QED) is 0.874. The van der Waals surface area contributed by atoms with E-state index in [1.807, 2.05) is 12.1 Å². The maximum atomic E-state index is 9.99. The van der Waals surface area contributed by atoms with Gasteiger partial charge in [-0.1, -0.05) is 13.3 Å². The Kier molecular flexibility index (Phi) is 5.95. The first kappa shape index (κ1) is 13.6. The minimum atomic E-state index is -0.487. The number of ether oxygens (including phenoxy) is 1. The molecular weight excluding hydrogens is 270 g/mol. The van der Waals surface area contributed by atoms with Crippen LogP contribution in [0.25, 0.3) is 0 Å². The number of pyridine rings is 1. The topological polar surface area (TPSA) is 42.4 Å². The van der Waals surface area contributed by atoms with Gasteiger partial charge in [0.15, 0.2) is 0 Å². The third-order valence-corrected chi connectivity index (χ3v) is 2.98. The lowest BCUT2D eigenvalue weighted by molar-refractivity contribution is -0.0163. The van der Waals surface area contributed by atoms with Gasteiger partial charge in [0, 0.05) is 29.9 Å². The fraction of sp³-hybridized carbons (Fsp3) is 0.583. The standard InChI is InChI=1S/C12H18BrNO2/c1-3-4-12(16-2)11(15)7-10-6-5-9(13)8-14-10/h5-6,8,11-12,15H,3-4,7H2,1-2H3. The molecule has 1 aromatic heterocycles. The molecule has 1 rings (SSSR count). The average molecular weight is 288 g/mol. The molecule has 90 valence electrons. The number of hydrogen-bond donors (Lipinski definition) is 1. The van der Waals surface area contributed by atoms with Crippen molar-refractivity contribution in [1.82, 2.24) is 4.98 Å². The number of hydrogen-bond acceptors (Lipinski definition) is 3. The molecule has 0 spiro atoms. The van der Waals surface area contributed by atoms with E-state index < -0.39 is 6.10 Å². The van der Waals surface area contributed by atoms with E-state index in [0.717, 1.165) is 23.0 Å². The van der Waals surface area contributed by atoms with Crippen LogP contribution < -0.4 is 0 Å². The molecule has 0 aromatic carbocycles. The predicted molar refractivity (Wildman–Crippen MR) is 67.4 cm³/mol. The van der Waals surface area contributed by atoms with Gasteiger partial charge in [-0.2, -0.15) is 0 Å². The van der Waals surface area contributed by atoms with Gasteiger partial charge in [-0.15, -0.1) is 0 Å². The number of aliphatic hydroxyl groups is 1. The molecule has 0 aliphatic carbocycles. The second-order valence-electron chi connectivity index (χ2n) is 3.80. The molecule has 0 amide bonds. The Morgan fingerprint density at radius 1 is 1.50 bits per heavy atom. The number of aliphatic hydroxyl groups excluding tert-OH is 1. The molecule has 3 nitrogen and oxygen atoms in total. The van der Waals surface area contributed by atoms with Crippen molar-refractivity contribution in [2.45, 2.75) is 38.4 Å². The molecular formula is C12H18BrNO2. The molecule has 0 bridgehead atoms. The average Bonchev–Trinajstić information content (AvgIpc) is 2.29. The summed E-state index contributed by atoms with van der Waals surface area (Å²) < 4.78 is 6.21. The Labute approximate surface area is 105 Å². The highest BCUT2D eigenvalue weighted by atomic mass is 79.9. The Hall–Kier alpha value is -0.450. The fourth-order valence-corrected chi connectivity index (χ4v) is 1.86. The van der Waals surface area contributed by atoms with Gasteiger partial charge in [0.05, 0.1) is 12.2 Å². The predicted octanol–water partition coefficient (Wildman–Crippen LogP) is 2.56. The van der Waals surface area contributed by atoms with Crippen LogP contribution >= 0.6 is 15.9 Å². The number of rotatable bonds is 6. The van der Waals surface area contributed by atoms with E-state index in [4.69, 9.17) is 4.74 Å². The van der Waals surface area contributed by atoms with Crippen molar-refractivity contribution in [1.29, 1.82) is 0 Å². The van der Waals surface area contributed by atoms with Crippen LogP contribution in [-0.2, 0) is 11.2 Å². The van der Waals surface area contributed by atoms with Gasteiger partial charge in [-0.25, -0.2) is 0 Å². The Bertz CT molecular complexity index is 302. The summed E-state index contributed by atoms with van der Waals surface area (Å²) in [5.41, 5.74) is 0.883. The lowest BCUT2D eigenvalue weighted by Gasteiger charge is -2.20. The molecule has 2 atom stereocenters. The summed E-state index contributed by atoms with van der Waals surface area (Å²) in [6.07, 6.45) is 3.56. The number of halogens is 1. The highest BCUT2D eigenvalue weighted by Gasteiger charge is 2.18. The van der Waals surface area contributed by atoms with E-state index in [2.05, 4.69) is 27.8 Å². The molecule has 0 aliphatic rings. The van der Waals surface area contributed by atoms with E-state index >= 15 is 0 Å². The van der Waals surface area contributed by atoms with E-state index in [0.29, 0.717) is 6.42 Å². The van der Waals surface area contributed by atoms with Crippen LogP contribution in [-0.4, -0.2) is 29.4 Å². The summed E-state index contributed by atoms with van der Waals surface area (Å²) in [4.78, 5) is 4.23. The summed E-state index contributed by atoms with van der Waals surface area (Å²) in [6, 6.07) is 3.84. The van der Waals surface area contributed by atoms with Crippen LogP contribution in [0.15, 0.2) is 22.8 Å². The Balaban J connectivity index is 2.55. The zero-order chi connectivity index (χ0) is 12.0. The van der Waals surface area contributed by atoms with Crippen LogP contribution in [0.3, 0.4) is 0 Å². The molecule has 1 heterocycles. The highest BCUT2D eigenvalue weighted by molar-refractivity contribution is 9.10. The first-order valence-corrected chi connectivity index (χ1v) is 6.28. The monoisotopic (exact) mass is 287 g/mol. The number of aromatic nitrogens is 1. The van der Waals surface area contributed by atoms with Gasteiger partial charge in [0.1, 0.15) is 0 Å². The van der Waals surface area contributed by atoms with Crippen molar-refractivity contribution in [3.63, 3.8) is 0 Å². The Morgan fingerprint density at radius 3 is 2.75 bits per heavy atom. The molecule has 0 saturated heterocycles. The maximum Gasteiger partial charge on any atom is 0.0856 e. The molecule has 2 unspecified atom stereocenters. The lowest BCUT2D eigenvalue weighted by Crippen LogP contribution is -2.30. The zero-order valence-corrected chi connectivity index (χ0v) is 11.3. The van der Waals surface area contributed by atoms with Crippen LogP contribution in [0.1, 0.15) is 25.5 Å². The maximum absolute atomic E-state index is 9.99. The molecule has 0 saturated carbocycles. The van der Waals surface area contributed by atoms with Gasteiger partial charge in [0.2, 0.25) is 0 Å². The van der Waals surface area contributed by atoms with Gasteiger partial charge in [0.25, 0.3) is 0 Å². The molecule has 0 radical (unpaired) electrons. The Morgan fingerprint density at radius 2 is 2.25 bits per heavy atom. The third kappa shape index (κ3) is 4.20. The number of methoxy groups -OCH3 is 1. The second kappa shape index (κ2) is 6.99. The summed E-state index contributed by atoms with van der Waals surface area (Å²) in [7, 11) is 1.64. The van der Waals surface area contributed by atoms with E-state index in [1.54, 1.807) is 13.3 Å². The van der Waals surface area contributed by atoms with Crippen molar-refractivity contribution < 1.29 is 9.84 Å². The van der Waals surface area contributed by atoms with Crippen molar-refractivity contribution in [3.8, 4) is 0 Å². The fourth-order valence-electron chi connectivity index (χ4n) is 1.62. The molecule has 4 heteroatoms. The summed E-state index contributed by atoms with van der Waals surface area (Å²) in [5.74, 6) is 0. The zero-order valence-electron chi connectivity index (χ0n) is 9.69. The van der Waals surface area contributed by atoms with Gasteiger partial charge in [-0.3, -0.25) is 4.98 Å². The smallest absolute Gasteiger partial charge is 0.0856 e. The van der Waals surface area contributed by atoms with Crippen molar-refractivity contribution >= 4 is 15.9 Å². The van der Waals surface area contributed by atoms with Gasteiger partial charge in [-0.05, 0) is 34.5 Å². The summed E-state index contributed by atoms with van der Waals surface area (Å²) in [5, 5.41) is 9.99. The van der Waals surface area contributed by atoms with Crippen molar-refractivity contribution in [3.05, 3.63) is 28.5 Å². The SMILES string of the molecule is CCCC(OC)C(O)Cc1ccc(Br)cn1. The van der Waals surface area contributed by atoms with Gasteiger partial charge >= 0.3 is 0 Å². The highest BCUT2D eigenvalue weighted by Crippen LogP contribution is 2.13. The number of nitrogens with zero attached hydrogens (tertiary/aromatic N) is 1. The third-order valence-electron chi connectivity index (χ3n) is 2.51. The van der Waals surface area contributed by atoms with Crippen LogP contribution in [0.2, 0.25) is 0 Å². The van der Waals surface area contributed by atoms with Crippen LogP contribution in [0.5, 0.6) is 0 Å². The molecule has 16 heavy (non-hydrogen) atoms. The molecule has 1 aromatic rings. The van der Waals surface area contributed by atoms with E-state index in [9.17, 15) is 5.11 Å². The van der Waals surface area contributed by atoms with Crippen LogP contribution in [0.4, 0.5) is 0 Å². The lowest BCUT2D eigenvalue weighted by atomic mass is 10.0. The first-order valence-electron chi connectivity index (χ1n) is 5.48. The van der Waals surface area contributed by atoms with Crippen molar-refractivity contribution in [2.24, 2.45) is 0 Å². The summed E-state index contributed by atoms with van der Waals surface area (Å²) >= 11 is 3.33. The van der Waals surface area contributed by atoms with Crippen molar-refractivity contribution in [2.75, 3.05) is 7.11 Å². The minimum Gasteiger partial charge on any atom is -0.390 e. The minimum absolute atomic E-state index is 0.101. The molecule has 1 N–H and O–H groups in total. The first-order chi connectivity index (χ1) is 7.67. The van der Waals surface area contributed by atoms with E-state index in [1.165, 1.54) is 0 Å². The molecule has 0 aliphatic heterocycles. The summed E-state index contributed by atoms with van der Waals surface area (Å²) in [6.45, 7) is 2.08. The van der Waals surface area contributed by atoms with E-state index in [-0.39, 0.29) is 6.10 Å². The second-order valence-corrected chi connectivity index (χ2v) is 4.72. The normalized spacial score (nSPS) is 14.8. The van der Waals surface area contributed by atoms with Crippen LogP contribution in [0, 0.1) is 0 Å².